The van der Waals surface area contributed by atoms with Crippen LogP contribution in [0.15, 0.2) is 24.3 Å². The van der Waals surface area contributed by atoms with Gasteiger partial charge in [0.1, 0.15) is 5.75 Å². The van der Waals surface area contributed by atoms with Crippen molar-refractivity contribution >= 4 is 17.6 Å². The smallest absolute Gasteiger partial charge is 0.328 e. The SMILES string of the molecule is COc1ccccc1N1C(=O)NCC2(CCC2)C1=O. The van der Waals surface area contributed by atoms with Crippen LogP contribution >= 0.6 is 0 Å². The standard InChI is InChI=1S/C14H16N2O3/c1-19-11-6-3-2-5-10(11)16-12(17)14(7-4-8-14)9-15-13(16)18/h2-3,5-6H,4,7-9H2,1H3,(H,15,18). The van der Waals surface area contributed by atoms with Crippen molar-refractivity contribution in [2.75, 3.05) is 18.6 Å². The zero-order valence-electron chi connectivity index (χ0n) is 10.8. The third kappa shape index (κ3) is 1.69. The second-order valence-corrected chi connectivity index (χ2v) is 5.11. The van der Waals surface area contributed by atoms with Gasteiger partial charge in [0.2, 0.25) is 5.91 Å². The number of benzene rings is 1. The van der Waals surface area contributed by atoms with Gasteiger partial charge in [0.15, 0.2) is 0 Å². The lowest BCUT2D eigenvalue weighted by atomic mass is 9.67. The molecule has 1 aromatic rings. The Labute approximate surface area is 111 Å². The van der Waals surface area contributed by atoms with Gasteiger partial charge in [0.25, 0.3) is 0 Å². The summed E-state index contributed by atoms with van der Waals surface area (Å²) in [6.45, 7) is 0.455. The predicted molar refractivity (Wildman–Crippen MR) is 70.2 cm³/mol. The fourth-order valence-corrected chi connectivity index (χ4v) is 2.76. The van der Waals surface area contributed by atoms with Crippen LogP contribution in [-0.4, -0.2) is 25.6 Å². The molecule has 1 aliphatic heterocycles. The molecule has 1 heterocycles. The summed E-state index contributed by atoms with van der Waals surface area (Å²) in [4.78, 5) is 25.9. The van der Waals surface area contributed by atoms with Crippen molar-refractivity contribution in [1.82, 2.24) is 5.32 Å². The summed E-state index contributed by atoms with van der Waals surface area (Å²) in [5, 5.41) is 2.82. The van der Waals surface area contributed by atoms with Gasteiger partial charge in [-0.2, -0.15) is 0 Å². The van der Waals surface area contributed by atoms with Crippen LogP contribution in [-0.2, 0) is 4.79 Å². The van der Waals surface area contributed by atoms with E-state index < -0.39 is 5.41 Å². The normalized spacial score (nSPS) is 21.0. The van der Waals surface area contributed by atoms with Crippen LogP contribution in [0.2, 0.25) is 0 Å². The minimum Gasteiger partial charge on any atom is -0.495 e. The summed E-state index contributed by atoms with van der Waals surface area (Å²) in [5.41, 5.74) is 0.118. The summed E-state index contributed by atoms with van der Waals surface area (Å²) in [6, 6.07) is 6.72. The Morgan fingerprint density at radius 2 is 2.00 bits per heavy atom. The number of carbonyl (C=O) groups excluding carboxylic acids is 2. The van der Waals surface area contributed by atoms with Crippen molar-refractivity contribution < 1.29 is 14.3 Å². The maximum Gasteiger partial charge on any atom is 0.328 e. The van der Waals surface area contributed by atoms with Gasteiger partial charge in [0.05, 0.1) is 18.2 Å². The molecule has 1 aromatic carbocycles. The number of ether oxygens (including phenoxy) is 1. The molecule has 0 atom stereocenters. The second kappa shape index (κ2) is 4.26. The molecule has 100 valence electrons. The molecule has 0 aromatic heterocycles. The molecule has 1 spiro atoms. The molecular weight excluding hydrogens is 244 g/mol. The molecule has 0 radical (unpaired) electrons. The third-order valence-corrected chi connectivity index (χ3v) is 4.07. The summed E-state index contributed by atoms with van der Waals surface area (Å²) in [7, 11) is 1.53. The number of hydrogen-bond donors (Lipinski definition) is 1. The maximum absolute atomic E-state index is 12.6. The molecule has 2 fully saturated rings. The second-order valence-electron chi connectivity index (χ2n) is 5.11. The molecule has 5 heteroatoms. The number of hydrogen-bond acceptors (Lipinski definition) is 3. The molecule has 19 heavy (non-hydrogen) atoms. The summed E-state index contributed by atoms with van der Waals surface area (Å²) < 4.78 is 5.24. The van der Waals surface area contributed by atoms with Crippen molar-refractivity contribution in [3.63, 3.8) is 0 Å². The summed E-state index contributed by atoms with van der Waals surface area (Å²) in [6.07, 6.45) is 2.73. The van der Waals surface area contributed by atoms with E-state index in [0.29, 0.717) is 18.0 Å². The minimum absolute atomic E-state index is 0.105. The molecule has 3 rings (SSSR count). The van der Waals surface area contributed by atoms with Gasteiger partial charge in [-0.3, -0.25) is 4.79 Å². The molecule has 1 aliphatic carbocycles. The van der Waals surface area contributed by atoms with Gasteiger partial charge < -0.3 is 10.1 Å². The largest absolute Gasteiger partial charge is 0.495 e. The lowest BCUT2D eigenvalue weighted by Crippen LogP contribution is -2.63. The number of methoxy groups -OCH3 is 1. The van der Waals surface area contributed by atoms with Crippen LogP contribution in [0.25, 0.3) is 0 Å². The van der Waals surface area contributed by atoms with Crippen molar-refractivity contribution in [2.45, 2.75) is 19.3 Å². The van der Waals surface area contributed by atoms with Gasteiger partial charge in [-0.25, -0.2) is 9.69 Å². The first-order valence-electron chi connectivity index (χ1n) is 6.43. The van der Waals surface area contributed by atoms with E-state index in [1.165, 1.54) is 12.0 Å². The van der Waals surface area contributed by atoms with Crippen LogP contribution in [0.3, 0.4) is 0 Å². The Balaban J connectivity index is 2.01. The number of amides is 3. The van der Waals surface area contributed by atoms with Crippen LogP contribution in [0.1, 0.15) is 19.3 Å². The zero-order valence-corrected chi connectivity index (χ0v) is 10.8. The number of nitrogens with one attached hydrogen (secondary N) is 1. The Bertz CT molecular complexity index is 537. The highest BCUT2D eigenvalue weighted by Gasteiger charge is 2.51. The van der Waals surface area contributed by atoms with Gasteiger partial charge >= 0.3 is 6.03 Å². The molecule has 1 N–H and O–H groups in total. The lowest BCUT2D eigenvalue weighted by Gasteiger charge is -2.46. The van der Waals surface area contributed by atoms with Gasteiger partial charge in [0, 0.05) is 6.54 Å². The Morgan fingerprint density at radius 1 is 1.26 bits per heavy atom. The van der Waals surface area contributed by atoms with Crippen LogP contribution in [0.5, 0.6) is 5.75 Å². The first kappa shape index (κ1) is 12.0. The Hall–Kier alpha value is -2.04. The summed E-state index contributed by atoms with van der Waals surface area (Å²) >= 11 is 0. The van der Waals surface area contributed by atoms with E-state index in [1.54, 1.807) is 18.2 Å². The van der Waals surface area contributed by atoms with E-state index in [4.69, 9.17) is 4.74 Å². The van der Waals surface area contributed by atoms with E-state index in [0.717, 1.165) is 19.3 Å². The maximum atomic E-state index is 12.6. The van der Waals surface area contributed by atoms with Crippen LogP contribution < -0.4 is 15.0 Å². The fourth-order valence-electron chi connectivity index (χ4n) is 2.76. The fraction of sp³-hybridized carbons (Fsp3) is 0.429. The Morgan fingerprint density at radius 3 is 2.63 bits per heavy atom. The molecule has 1 saturated heterocycles. The molecule has 1 saturated carbocycles. The highest BCUT2D eigenvalue weighted by atomic mass is 16.5. The quantitative estimate of drug-likeness (QED) is 0.883. The van der Waals surface area contributed by atoms with Crippen molar-refractivity contribution in [1.29, 1.82) is 0 Å². The van der Waals surface area contributed by atoms with Gasteiger partial charge in [-0.05, 0) is 25.0 Å². The average Bonchev–Trinajstić information content (AvgIpc) is 2.38. The third-order valence-electron chi connectivity index (χ3n) is 4.07. The van der Waals surface area contributed by atoms with Crippen molar-refractivity contribution in [3.8, 4) is 5.75 Å². The first-order valence-corrected chi connectivity index (χ1v) is 6.43. The molecule has 0 bridgehead atoms. The lowest BCUT2D eigenvalue weighted by molar-refractivity contribution is -0.132. The number of urea groups is 1. The topological polar surface area (TPSA) is 58.6 Å². The van der Waals surface area contributed by atoms with Gasteiger partial charge in [-0.15, -0.1) is 0 Å². The number of anilines is 1. The molecule has 0 unspecified atom stereocenters. The highest BCUT2D eigenvalue weighted by molar-refractivity contribution is 6.19. The van der Waals surface area contributed by atoms with E-state index in [1.807, 2.05) is 6.07 Å². The van der Waals surface area contributed by atoms with E-state index >= 15 is 0 Å². The molecule has 2 aliphatic rings. The molecule has 3 amide bonds. The van der Waals surface area contributed by atoms with Crippen molar-refractivity contribution in [2.24, 2.45) is 5.41 Å². The summed E-state index contributed by atoms with van der Waals surface area (Å²) in [5.74, 6) is 0.425. The van der Waals surface area contributed by atoms with Crippen LogP contribution in [0.4, 0.5) is 10.5 Å². The highest BCUT2D eigenvalue weighted by Crippen LogP contribution is 2.45. The molecule has 5 nitrogen and oxygen atoms in total. The van der Waals surface area contributed by atoms with Gasteiger partial charge in [-0.1, -0.05) is 18.6 Å². The number of para-hydroxylation sites is 2. The zero-order chi connectivity index (χ0) is 13.5. The number of carbonyl (C=O) groups is 2. The van der Waals surface area contributed by atoms with Crippen LogP contribution in [0, 0.1) is 5.41 Å². The van der Waals surface area contributed by atoms with Crippen molar-refractivity contribution in [3.05, 3.63) is 24.3 Å². The number of nitrogens with zero attached hydrogens (tertiary/aromatic N) is 1. The Kier molecular flexibility index (Phi) is 2.69. The first-order chi connectivity index (χ1) is 9.18. The van der Waals surface area contributed by atoms with E-state index in [2.05, 4.69) is 5.32 Å². The monoisotopic (exact) mass is 260 g/mol. The average molecular weight is 260 g/mol. The molecular formula is C14H16N2O3. The predicted octanol–water partition coefficient (Wildman–Crippen LogP) is 1.92. The number of rotatable bonds is 2. The number of imide groups is 1. The van der Waals surface area contributed by atoms with E-state index in [-0.39, 0.29) is 11.9 Å². The minimum atomic E-state index is -0.394. The van der Waals surface area contributed by atoms with E-state index in [9.17, 15) is 9.59 Å².